The number of amides is 5. The van der Waals surface area contributed by atoms with Gasteiger partial charge in [-0.15, -0.1) is 12.4 Å². The van der Waals surface area contributed by atoms with Gasteiger partial charge in [0, 0.05) is 112 Å². The smallest absolute Gasteiger partial charge is 0.272 e. The molecule has 5 amide bonds. The molecule has 3 aliphatic heterocycles. The lowest BCUT2D eigenvalue weighted by molar-refractivity contribution is -0.128. The minimum absolute atomic E-state index is 0. The number of carbonyl (C=O) groups excluding carboxylic acids is 5. The number of hydrogen-bond donors (Lipinski definition) is 3. The van der Waals surface area contributed by atoms with Crippen LogP contribution in [-0.2, 0) is 47.9 Å². The van der Waals surface area contributed by atoms with E-state index in [1.165, 1.54) is 51.0 Å². The summed E-state index contributed by atoms with van der Waals surface area (Å²) in [5.74, 6) is 2.23. The van der Waals surface area contributed by atoms with Gasteiger partial charge in [-0.2, -0.15) is 5.10 Å². The van der Waals surface area contributed by atoms with Crippen LogP contribution >= 0.6 is 24.0 Å². The van der Waals surface area contributed by atoms with Crippen molar-refractivity contribution in [3.63, 3.8) is 0 Å². The van der Waals surface area contributed by atoms with Gasteiger partial charge in [0.05, 0.1) is 97.3 Å². The first-order chi connectivity index (χ1) is 60.2. The van der Waals surface area contributed by atoms with Crippen LogP contribution in [0.15, 0.2) is 131 Å². The van der Waals surface area contributed by atoms with E-state index in [0.29, 0.717) is 126 Å². The first kappa shape index (κ1) is 97.8. The van der Waals surface area contributed by atoms with Crippen molar-refractivity contribution >= 4 is 75.3 Å². The van der Waals surface area contributed by atoms with Crippen LogP contribution in [0, 0.1) is 36.4 Å². The van der Waals surface area contributed by atoms with Crippen LogP contribution in [0.2, 0.25) is 5.02 Å². The molecule has 5 aliphatic rings. The maximum Gasteiger partial charge on any atom is 0.272 e. The van der Waals surface area contributed by atoms with Gasteiger partial charge in [-0.3, -0.25) is 52.9 Å². The zero-order valence-electron chi connectivity index (χ0n) is 75.5. The number of pyridine rings is 2. The Bertz CT molecular complexity index is 5330. The predicted octanol–water partition coefficient (Wildman–Crippen LogP) is 16.1. The number of aromatic nitrogens is 4. The molecule has 2 unspecified atom stereocenters. The summed E-state index contributed by atoms with van der Waals surface area (Å²) in [6, 6.07) is 36.3. The molecule has 3 N–H and O–H groups in total. The monoisotopic (exact) mass is 1770 g/mol. The van der Waals surface area contributed by atoms with E-state index in [1.54, 1.807) is 84.0 Å². The van der Waals surface area contributed by atoms with Crippen molar-refractivity contribution in [2.24, 2.45) is 30.8 Å². The third-order valence-electron chi connectivity index (χ3n) is 24.7. The predicted molar refractivity (Wildman–Crippen MR) is 494 cm³/mol. The third kappa shape index (κ3) is 24.3. The summed E-state index contributed by atoms with van der Waals surface area (Å²) >= 11 is 6.29. The maximum absolute atomic E-state index is 13.5. The maximum atomic E-state index is 13.5. The molecule has 6 heterocycles. The highest BCUT2D eigenvalue weighted by Gasteiger charge is 2.60. The molecule has 4 fully saturated rings. The van der Waals surface area contributed by atoms with Gasteiger partial charge in [0.15, 0.2) is 40.2 Å². The van der Waals surface area contributed by atoms with Crippen LogP contribution in [0.1, 0.15) is 194 Å². The highest BCUT2D eigenvalue weighted by molar-refractivity contribution is 6.31. The normalized spacial score (nSPS) is 17.0. The minimum Gasteiger partial charge on any atom is -0.493 e. The molecule has 14 rings (SSSR count). The summed E-state index contributed by atoms with van der Waals surface area (Å²) in [6.07, 6.45) is 13.8. The Balaban J connectivity index is 0.000000175. The number of unbranched alkanes of at least 4 members (excludes halogenated alkanes) is 6. The van der Waals surface area contributed by atoms with E-state index in [-0.39, 0.29) is 88.4 Å². The number of methoxy groups -OCH3 is 3. The van der Waals surface area contributed by atoms with Crippen LogP contribution in [-0.4, -0.2) is 189 Å². The summed E-state index contributed by atoms with van der Waals surface area (Å²) in [5, 5.41) is 16.0. The number of ether oxygens (including phenoxy) is 8. The lowest BCUT2D eigenvalue weighted by Gasteiger charge is -2.42. The average molecular weight is 1780 g/mol. The van der Waals surface area contributed by atoms with Gasteiger partial charge in [-0.05, 0) is 171 Å². The molecule has 28 heteroatoms. The Morgan fingerprint density at radius 1 is 0.587 bits per heavy atom. The number of nitrogens with zero attached hydrogens (tertiary/aromatic N) is 7. The first-order valence-electron chi connectivity index (χ1n) is 44.2. The SMILES string of the molecule is CCCCCOc1c(OC)ccc2c1CC(=O)N(CCCN1CCOCC1)C2=O.CCCCCOc1c(OC)ccc2cc(C(=O)NCCN3CCOCC3)c(=O)n(C)c12.CCCCCOc1c(OC)ccc2cc(C(=O)NCc3ccc(F)cc3)c(=O)n(C)c12.Cc1ccc(Cn2nc(C(=O)N[C@H]3C4(C)CCC(C4)C3(C)C)cc2-c2ccc(Cl)c(C)c2)cc1.Cl. The highest BCUT2D eigenvalue weighted by Crippen LogP contribution is 2.62. The van der Waals surface area contributed by atoms with Crippen LogP contribution in [0.5, 0.6) is 34.5 Å². The quantitative estimate of drug-likeness (QED) is 0.0250. The largest absolute Gasteiger partial charge is 0.493 e. The molecule has 3 atom stereocenters. The number of halogens is 3. The van der Waals surface area contributed by atoms with E-state index in [4.69, 9.17) is 54.6 Å². The van der Waals surface area contributed by atoms with E-state index >= 15 is 0 Å². The Morgan fingerprint density at radius 2 is 1.10 bits per heavy atom. The summed E-state index contributed by atoms with van der Waals surface area (Å²) in [4.78, 5) is 96.6. The lowest BCUT2D eigenvalue weighted by Crippen LogP contribution is -2.52. The number of hydrogen-bond acceptors (Lipinski definition) is 18. The van der Waals surface area contributed by atoms with E-state index in [1.807, 2.05) is 41.9 Å². The molecule has 126 heavy (non-hydrogen) atoms. The molecule has 25 nitrogen and oxygen atoms in total. The van der Waals surface area contributed by atoms with Crippen molar-refractivity contribution in [1.29, 1.82) is 0 Å². The van der Waals surface area contributed by atoms with Gasteiger partial charge in [-0.25, -0.2) is 4.39 Å². The van der Waals surface area contributed by atoms with Crippen LogP contribution < -0.4 is 55.5 Å². The van der Waals surface area contributed by atoms with Gasteiger partial charge < -0.3 is 63.0 Å². The van der Waals surface area contributed by atoms with Crippen LogP contribution in [0.4, 0.5) is 4.39 Å². The first-order valence-corrected chi connectivity index (χ1v) is 44.6. The molecular formula is C98H127Cl2FN10O15. The van der Waals surface area contributed by atoms with Crippen molar-refractivity contribution < 1.29 is 66.3 Å². The van der Waals surface area contributed by atoms with Crippen molar-refractivity contribution in [3.05, 3.63) is 203 Å². The zero-order chi connectivity index (χ0) is 89.5. The fourth-order valence-corrected chi connectivity index (χ4v) is 17.5. The molecule has 2 saturated heterocycles. The third-order valence-corrected chi connectivity index (χ3v) is 25.1. The summed E-state index contributed by atoms with van der Waals surface area (Å²) in [6.45, 7) is 28.8. The molecule has 6 aromatic carbocycles. The standard InChI is InChI=1S/C29H34ClN3O.C24H27FN2O4.C23H33N3O5.C22H32N2O5.ClH/c1-18-6-8-20(9-7-18)17-33-25(21-10-11-23(30)19(2)14-21)15-24(32-33)26(34)31-27-28(3,4)22-12-13-29(27,5)16-22;1-4-5-6-13-31-22-20(30-3)12-9-17-14-19(24(29)27(2)21(17)22)23(28)26-15-16-7-10-18(25)11-8-16;1-4-5-6-13-31-21-19(29-3)8-7-17-16-18(23(28)25(2)20(17)21)22(27)24-9-10-26-11-14-30-15-12-26;1-3-4-5-13-29-21-18-16-20(25)24(10-6-9-23-11-14-28-15-12-23)22(26)17(18)7-8-19(21)27-2;/h6-11,14-15,22,27H,12-13,16-17H2,1-5H3,(H,31,34);7-12,14H,4-6,13,15H2,1-3H3,(H,26,28);7-8,16H,4-6,9-15H2,1-3H3,(H,24,27);7-8H,3-6,9-16H2,1-2H3;1H/t22?,27-,29?;;;;/m1..../s1. The topological polar surface area (TPSA) is 267 Å². The Morgan fingerprint density at radius 3 is 1.63 bits per heavy atom. The second-order valence-corrected chi connectivity index (χ2v) is 34.3. The van der Waals surface area contributed by atoms with Crippen molar-refractivity contribution in [2.75, 3.05) is 120 Å². The Kier molecular flexibility index (Phi) is 36.0. The summed E-state index contributed by atoms with van der Waals surface area (Å²) in [5.41, 5.74) is 8.54. The van der Waals surface area contributed by atoms with Crippen molar-refractivity contribution in [2.45, 2.75) is 164 Å². The fraction of sp³-hybridized carbons (Fsp3) is 0.490. The van der Waals surface area contributed by atoms with Crippen LogP contribution in [0.3, 0.4) is 0 Å². The van der Waals surface area contributed by atoms with Gasteiger partial charge in [-0.1, -0.05) is 140 Å². The number of morpholine rings is 2. The molecule has 0 spiro atoms. The van der Waals surface area contributed by atoms with Gasteiger partial charge in [0.1, 0.15) is 16.9 Å². The number of rotatable bonds is 34. The second kappa shape index (κ2) is 46.4. The minimum atomic E-state index is -0.493. The molecule has 2 aliphatic carbocycles. The van der Waals surface area contributed by atoms with Gasteiger partial charge >= 0.3 is 0 Å². The van der Waals surface area contributed by atoms with Crippen LogP contribution in [0.25, 0.3) is 33.1 Å². The van der Waals surface area contributed by atoms with Gasteiger partial charge in [0.25, 0.3) is 34.7 Å². The van der Waals surface area contributed by atoms with Crippen molar-refractivity contribution in [1.82, 2.24) is 49.6 Å². The van der Waals surface area contributed by atoms with E-state index in [2.05, 4.69) is 105 Å². The number of carbonyl (C=O) groups is 5. The fourth-order valence-electron chi connectivity index (χ4n) is 17.4. The lowest BCUT2D eigenvalue weighted by atomic mass is 9.68. The summed E-state index contributed by atoms with van der Waals surface area (Å²) in [7, 11) is 7.97. The number of aryl methyl sites for hydroxylation is 4. The number of imide groups is 1. The van der Waals surface area contributed by atoms with E-state index in [0.717, 1.165) is 155 Å². The van der Waals surface area contributed by atoms with E-state index in [9.17, 15) is 38.0 Å². The Hall–Kier alpha value is -10.4. The molecule has 9 aromatic rings. The molecule has 680 valence electrons. The molecule has 3 aromatic heterocycles. The zero-order valence-corrected chi connectivity index (χ0v) is 77.1. The van der Waals surface area contributed by atoms with Crippen molar-refractivity contribution in [3.8, 4) is 45.8 Å². The van der Waals surface area contributed by atoms with Gasteiger partial charge in [0.2, 0.25) is 5.91 Å². The summed E-state index contributed by atoms with van der Waals surface area (Å²) < 4.78 is 62.8. The molecular weight excluding hydrogens is 1650 g/mol. The average Bonchev–Trinajstić information content (AvgIpc) is 1.55. The molecule has 0 radical (unpaired) electrons. The number of benzene rings is 6. The Labute approximate surface area is 751 Å². The molecule has 2 saturated carbocycles. The second-order valence-electron chi connectivity index (χ2n) is 33.9. The highest BCUT2D eigenvalue weighted by atomic mass is 35.5. The molecule has 2 bridgehead atoms. The number of fused-ring (bicyclic) bond motifs is 5. The van der Waals surface area contributed by atoms with E-state index < -0.39 is 11.5 Å². The number of nitrogens with one attached hydrogen (secondary N) is 3.